The van der Waals surface area contributed by atoms with Gasteiger partial charge in [0.15, 0.2) is 0 Å². The molecule has 0 aliphatic heterocycles. The molecule has 0 aliphatic carbocycles. The lowest BCUT2D eigenvalue weighted by molar-refractivity contribution is -0.119. The van der Waals surface area contributed by atoms with Gasteiger partial charge in [0.25, 0.3) is 0 Å². The number of carbonyl (C=O) groups is 1. The third-order valence-corrected chi connectivity index (χ3v) is 2.82. The zero-order valence-corrected chi connectivity index (χ0v) is 11.3. The SMILES string of the molecule is COc1ccc(F)c(-c2ccc(CNC(C)=O)cn2)c1. The Morgan fingerprint density at radius 2 is 2.15 bits per heavy atom. The third-order valence-electron chi connectivity index (χ3n) is 2.82. The molecule has 0 unspecified atom stereocenters. The minimum atomic E-state index is -0.354. The van der Waals surface area contributed by atoms with E-state index in [0.29, 0.717) is 23.6 Å². The van der Waals surface area contributed by atoms with Gasteiger partial charge in [-0.05, 0) is 29.8 Å². The number of nitrogens with one attached hydrogen (secondary N) is 1. The molecule has 20 heavy (non-hydrogen) atoms. The van der Waals surface area contributed by atoms with E-state index >= 15 is 0 Å². The van der Waals surface area contributed by atoms with E-state index in [1.807, 2.05) is 0 Å². The van der Waals surface area contributed by atoms with Crippen LogP contribution in [0.2, 0.25) is 0 Å². The molecule has 1 heterocycles. The Hall–Kier alpha value is -2.43. The van der Waals surface area contributed by atoms with Gasteiger partial charge in [0.2, 0.25) is 5.91 Å². The zero-order chi connectivity index (χ0) is 14.5. The van der Waals surface area contributed by atoms with Gasteiger partial charge >= 0.3 is 0 Å². The van der Waals surface area contributed by atoms with Crippen LogP contribution in [0.5, 0.6) is 5.75 Å². The first kappa shape index (κ1) is 14.0. The van der Waals surface area contributed by atoms with Gasteiger partial charge in [0, 0.05) is 25.2 Å². The van der Waals surface area contributed by atoms with Crippen LogP contribution in [-0.4, -0.2) is 18.0 Å². The summed E-state index contributed by atoms with van der Waals surface area (Å²) in [5.41, 5.74) is 1.76. The Kier molecular flexibility index (Phi) is 4.30. The summed E-state index contributed by atoms with van der Waals surface area (Å²) < 4.78 is 18.9. The van der Waals surface area contributed by atoms with E-state index in [0.717, 1.165) is 5.56 Å². The Balaban J connectivity index is 2.23. The Labute approximate surface area is 116 Å². The van der Waals surface area contributed by atoms with E-state index in [-0.39, 0.29) is 11.7 Å². The molecule has 0 atom stereocenters. The monoisotopic (exact) mass is 274 g/mol. The van der Waals surface area contributed by atoms with Crippen LogP contribution in [0.15, 0.2) is 36.5 Å². The lowest BCUT2D eigenvalue weighted by Gasteiger charge is -2.07. The topological polar surface area (TPSA) is 51.2 Å². The molecule has 0 spiro atoms. The highest BCUT2D eigenvalue weighted by molar-refractivity contribution is 5.72. The molecule has 1 N–H and O–H groups in total. The van der Waals surface area contributed by atoms with Crippen molar-refractivity contribution in [1.82, 2.24) is 10.3 Å². The van der Waals surface area contributed by atoms with Gasteiger partial charge in [-0.1, -0.05) is 6.07 Å². The number of aromatic nitrogens is 1. The third kappa shape index (κ3) is 3.32. The molecule has 0 saturated carbocycles. The summed E-state index contributed by atoms with van der Waals surface area (Å²) in [6.07, 6.45) is 1.62. The number of nitrogens with zero attached hydrogens (tertiary/aromatic N) is 1. The largest absolute Gasteiger partial charge is 0.497 e. The maximum atomic E-state index is 13.8. The Morgan fingerprint density at radius 3 is 2.75 bits per heavy atom. The number of halogens is 1. The summed E-state index contributed by atoms with van der Waals surface area (Å²) in [5.74, 6) is 0.117. The molecule has 4 nitrogen and oxygen atoms in total. The van der Waals surface area contributed by atoms with Crippen LogP contribution in [0, 0.1) is 5.82 Å². The lowest BCUT2D eigenvalue weighted by atomic mass is 10.1. The van der Waals surface area contributed by atoms with Crippen LogP contribution in [0.25, 0.3) is 11.3 Å². The van der Waals surface area contributed by atoms with Crippen molar-refractivity contribution in [3.05, 3.63) is 47.9 Å². The van der Waals surface area contributed by atoms with Crippen molar-refractivity contribution in [2.75, 3.05) is 7.11 Å². The second kappa shape index (κ2) is 6.14. The molecule has 1 aromatic carbocycles. The van der Waals surface area contributed by atoms with E-state index in [1.54, 1.807) is 30.5 Å². The molecule has 1 aromatic heterocycles. The zero-order valence-electron chi connectivity index (χ0n) is 11.3. The summed E-state index contributed by atoms with van der Waals surface area (Å²) in [4.78, 5) is 15.0. The second-order valence-corrected chi connectivity index (χ2v) is 4.31. The summed E-state index contributed by atoms with van der Waals surface area (Å²) in [7, 11) is 1.53. The summed E-state index contributed by atoms with van der Waals surface area (Å²) in [6, 6.07) is 8.03. The first-order chi connectivity index (χ1) is 9.60. The lowest BCUT2D eigenvalue weighted by Crippen LogP contribution is -2.18. The number of amides is 1. The predicted molar refractivity (Wildman–Crippen MR) is 73.7 cm³/mol. The fourth-order valence-corrected chi connectivity index (χ4v) is 1.74. The summed E-state index contributed by atoms with van der Waals surface area (Å²) in [5, 5.41) is 2.68. The molecule has 2 aromatic rings. The Bertz CT molecular complexity index is 612. The van der Waals surface area contributed by atoms with E-state index in [2.05, 4.69) is 10.3 Å². The number of benzene rings is 1. The highest BCUT2D eigenvalue weighted by atomic mass is 19.1. The van der Waals surface area contributed by atoms with Gasteiger partial charge < -0.3 is 10.1 Å². The standard InChI is InChI=1S/C15H15FN2O2/c1-10(19)17-8-11-3-6-15(18-9-11)13-7-12(20-2)4-5-14(13)16/h3-7,9H,8H2,1-2H3,(H,17,19). The van der Waals surface area contributed by atoms with Gasteiger partial charge in [-0.3, -0.25) is 9.78 Å². The van der Waals surface area contributed by atoms with Crippen molar-refractivity contribution in [2.24, 2.45) is 0 Å². The molecule has 0 bridgehead atoms. The molecule has 0 fully saturated rings. The average molecular weight is 274 g/mol. The quantitative estimate of drug-likeness (QED) is 0.932. The van der Waals surface area contributed by atoms with Gasteiger partial charge in [-0.2, -0.15) is 0 Å². The minimum Gasteiger partial charge on any atom is -0.497 e. The Morgan fingerprint density at radius 1 is 1.35 bits per heavy atom. The predicted octanol–water partition coefficient (Wildman–Crippen LogP) is 2.53. The van der Waals surface area contributed by atoms with Crippen LogP contribution in [0.4, 0.5) is 4.39 Å². The first-order valence-electron chi connectivity index (χ1n) is 6.13. The summed E-state index contributed by atoms with van der Waals surface area (Å²) >= 11 is 0. The average Bonchev–Trinajstić information content (AvgIpc) is 2.46. The number of hydrogen-bond acceptors (Lipinski definition) is 3. The van der Waals surface area contributed by atoms with Crippen molar-refractivity contribution in [1.29, 1.82) is 0 Å². The van der Waals surface area contributed by atoms with Crippen molar-refractivity contribution in [3.8, 4) is 17.0 Å². The highest BCUT2D eigenvalue weighted by Gasteiger charge is 2.08. The van der Waals surface area contributed by atoms with Crippen molar-refractivity contribution in [3.63, 3.8) is 0 Å². The number of rotatable bonds is 4. The highest BCUT2D eigenvalue weighted by Crippen LogP contribution is 2.25. The maximum Gasteiger partial charge on any atom is 0.217 e. The fourth-order valence-electron chi connectivity index (χ4n) is 1.74. The molecular weight excluding hydrogens is 259 g/mol. The normalized spacial score (nSPS) is 10.2. The molecule has 0 aliphatic rings. The number of pyridine rings is 1. The van der Waals surface area contributed by atoms with Crippen LogP contribution in [0.1, 0.15) is 12.5 Å². The molecule has 1 amide bonds. The van der Waals surface area contributed by atoms with Crippen molar-refractivity contribution in [2.45, 2.75) is 13.5 Å². The number of carbonyl (C=O) groups excluding carboxylic acids is 1. The molecule has 5 heteroatoms. The van der Waals surface area contributed by atoms with E-state index in [4.69, 9.17) is 4.74 Å². The van der Waals surface area contributed by atoms with Gasteiger partial charge in [-0.15, -0.1) is 0 Å². The second-order valence-electron chi connectivity index (χ2n) is 4.31. The minimum absolute atomic E-state index is 0.104. The number of ether oxygens (including phenoxy) is 1. The van der Waals surface area contributed by atoms with E-state index in [9.17, 15) is 9.18 Å². The molecule has 0 saturated heterocycles. The molecule has 2 rings (SSSR count). The summed E-state index contributed by atoms with van der Waals surface area (Å²) in [6.45, 7) is 1.86. The number of hydrogen-bond donors (Lipinski definition) is 1. The smallest absolute Gasteiger partial charge is 0.217 e. The van der Waals surface area contributed by atoms with E-state index in [1.165, 1.54) is 20.1 Å². The molecule has 104 valence electrons. The van der Waals surface area contributed by atoms with E-state index < -0.39 is 0 Å². The maximum absolute atomic E-state index is 13.8. The first-order valence-corrected chi connectivity index (χ1v) is 6.13. The molecular formula is C15H15FN2O2. The number of methoxy groups -OCH3 is 1. The van der Waals surface area contributed by atoms with Crippen LogP contribution in [0.3, 0.4) is 0 Å². The van der Waals surface area contributed by atoms with Crippen molar-refractivity contribution >= 4 is 5.91 Å². The van der Waals surface area contributed by atoms with Crippen LogP contribution in [-0.2, 0) is 11.3 Å². The van der Waals surface area contributed by atoms with Gasteiger partial charge in [0.1, 0.15) is 11.6 Å². The van der Waals surface area contributed by atoms with Gasteiger partial charge in [0.05, 0.1) is 12.8 Å². The fraction of sp³-hybridized carbons (Fsp3) is 0.200. The van der Waals surface area contributed by atoms with Gasteiger partial charge in [-0.25, -0.2) is 4.39 Å². The van der Waals surface area contributed by atoms with Crippen molar-refractivity contribution < 1.29 is 13.9 Å². The van der Waals surface area contributed by atoms with Crippen LogP contribution < -0.4 is 10.1 Å². The molecule has 0 radical (unpaired) electrons. The van der Waals surface area contributed by atoms with Crippen LogP contribution >= 0.6 is 0 Å².